The number of aldehydes is 1. The molecule has 0 saturated carbocycles. The molecule has 180 valence electrons. The van der Waals surface area contributed by atoms with Gasteiger partial charge in [0.1, 0.15) is 11.5 Å². The molecule has 10 nitrogen and oxygen atoms in total. The molecule has 0 atom stereocenters. The summed E-state index contributed by atoms with van der Waals surface area (Å²) < 4.78 is 14.7. The maximum Gasteiger partial charge on any atom is 0.320 e. The summed E-state index contributed by atoms with van der Waals surface area (Å²) in [5, 5.41) is 8.90. The monoisotopic (exact) mass is 473 g/mol. The van der Waals surface area contributed by atoms with Crippen molar-refractivity contribution in [3.63, 3.8) is 0 Å². The largest absolute Gasteiger partial charge is 0.463 e. The molecule has 35 heavy (non-hydrogen) atoms. The van der Waals surface area contributed by atoms with E-state index in [9.17, 15) is 4.79 Å². The Morgan fingerprint density at radius 2 is 1.94 bits per heavy atom. The first-order valence-corrected chi connectivity index (χ1v) is 11.5. The molecule has 3 aromatic heterocycles. The Morgan fingerprint density at radius 1 is 1.11 bits per heavy atom. The van der Waals surface area contributed by atoms with Crippen LogP contribution in [0, 0.1) is 6.92 Å². The third-order valence-electron chi connectivity index (χ3n) is 5.78. The number of carbonyl (C=O) groups is 1. The molecule has 10 heteroatoms. The lowest BCUT2D eigenvalue weighted by Crippen LogP contribution is -2.37. The van der Waals surface area contributed by atoms with Crippen LogP contribution in [0.1, 0.15) is 21.6 Å². The minimum Gasteiger partial charge on any atom is -0.463 e. The van der Waals surface area contributed by atoms with Crippen molar-refractivity contribution in [1.29, 1.82) is 0 Å². The van der Waals surface area contributed by atoms with Gasteiger partial charge in [-0.2, -0.15) is 20.2 Å². The zero-order valence-corrected chi connectivity index (χ0v) is 19.8. The number of carbonyl (C=O) groups excluding carboxylic acids is 1. The third-order valence-corrected chi connectivity index (χ3v) is 5.78. The van der Waals surface area contributed by atoms with Crippen LogP contribution in [0.4, 0.5) is 5.82 Å². The van der Waals surface area contributed by atoms with Crippen molar-refractivity contribution < 1.29 is 14.3 Å². The Morgan fingerprint density at radius 3 is 2.69 bits per heavy atom. The fourth-order valence-corrected chi connectivity index (χ4v) is 4.00. The van der Waals surface area contributed by atoms with Gasteiger partial charge in [-0.15, -0.1) is 0 Å². The maximum atomic E-state index is 11.9. The number of hydrogen-bond donors (Lipinski definition) is 0. The molecule has 0 amide bonds. The molecule has 4 aromatic rings. The Labute approximate surface area is 203 Å². The van der Waals surface area contributed by atoms with Crippen molar-refractivity contribution in [2.75, 3.05) is 37.8 Å². The van der Waals surface area contributed by atoms with Gasteiger partial charge < -0.3 is 14.4 Å². The molecule has 0 radical (unpaired) electrons. The number of hydrogen-bond acceptors (Lipinski definition) is 8. The lowest BCUT2D eigenvalue weighted by Gasteiger charge is -2.28. The summed E-state index contributed by atoms with van der Waals surface area (Å²) in [7, 11) is 1.88. The van der Waals surface area contributed by atoms with Gasteiger partial charge in [-0.1, -0.05) is 23.8 Å². The minimum atomic E-state index is 0.234. The van der Waals surface area contributed by atoms with Crippen molar-refractivity contribution in [2.45, 2.75) is 13.3 Å². The van der Waals surface area contributed by atoms with Crippen molar-refractivity contribution >= 4 is 12.1 Å². The van der Waals surface area contributed by atoms with Crippen LogP contribution in [0.15, 0.2) is 48.8 Å². The average Bonchev–Trinajstić information content (AvgIpc) is 3.50. The van der Waals surface area contributed by atoms with E-state index in [-0.39, 0.29) is 6.01 Å². The molecule has 0 spiro atoms. The second-order valence-electron chi connectivity index (χ2n) is 8.44. The first-order chi connectivity index (χ1) is 17.1. The second kappa shape index (κ2) is 10.1. The van der Waals surface area contributed by atoms with Crippen LogP contribution >= 0.6 is 0 Å². The molecule has 0 bridgehead atoms. The van der Waals surface area contributed by atoms with Crippen molar-refractivity contribution in [1.82, 2.24) is 29.5 Å². The zero-order valence-electron chi connectivity index (χ0n) is 19.8. The van der Waals surface area contributed by atoms with Gasteiger partial charge in [-0.3, -0.25) is 9.48 Å². The maximum absolute atomic E-state index is 11.9. The average molecular weight is 474 g/mol. The summed E-state index contributed by atoms with van der Waals surface area (Å²) in [5.74, 6) is 1.18. The van der Waals surface area contributed by atoms with Gasteiger partial charge in [0, 0.05) is 44.4 Å². The van der Waals surface area contributed by atoms with Crippen molar-refractivity contribution in [2.24, 2.45) is 7.05 Å². The molecule has 4 heterocycles. The van der Waals surface area contributed by atoms with E-state index < -0.39 is 0 Å². The van der Waals surface area contributed by atoms with E-state index in [0.717, 1.165) is 23.0 Å². The molecule has 0 N–H and O–H groups in total. The number of aryl methyl sites for hydroxylation is 2. The highest BCUT2D eigenvalue weighted by molar-refractivity contribution is 5.77. The van der Waals surface area contributed by atoms with Gasteiger partial charge in [-0.05, 0) is 24.6 Å². The van der Waals surface area contributed by atoms with Gasteiger partial charge in [-0.25, -0.2) is 4.68 Å². The van der Waals surface area contributed by atoms with Crippen LogP contribution in [-0.4, -0.2) is 68.7 Å². The highest BCUT2D eigenvalue weighted by Crippen LogP contribution is 2.25. The smallest absolute Gasteiger partial charge is 0.320 e. The van der Waals surface area contributed by atoms with E-state index in [1.165, 1.54) is 0 Å². The Hall–Kier alpha value is -4.05. The Balaban J connectivity index is 1.48. The van der Waals surface area contributed by atoms with E-state index in [2.05, 4.69) is 20.0 Å². The molecule has 1 fully saturated rings. The number of morpholine rings is 1. The standard InChI is InChI=1S/C25H27N7O3/c1-18-4-3-5-20(12-18)22-13-21(17-33)32(29-22)24-14-23(31-7-10-34-11-8-31)27-25(28-24)35-9-6-19-15-26-30(2)16-19/h3-5,12-17H,6-11H2,1-2H3. The van der Waals surface area contributed by atoms with Crippen LogP contribution < -0.4 is 9.64 Å². The topological polar surface area (TPSA) is 100 Å². The first kappa shape index (κ1) is 22.7. The molecule has 1 aliphatic rings. The molecule has 5 rings (SSSR count). The molecule has 0 aliphatic carbocycles. The van der Waals surface area contributed by atoms with Crippen LogP contribution in [0.3, 0.4) is 0 Å². The van der Waals surface area contributed by atoms with Gasteiger partial charge in [0.15, 0.2) is 12.1 Å². The number of ether oxygens (including phenoxy) is 2. The quantitative estimate of drug-likeness (QED) is 0.360. The fraction of sp³-hybridized carbons (Fsp3) is 0.320. The first-order valence-electron chi connectivity index (χ1n) is 11.5. The van der Waals surface area contributed by atoms with Gasteiger partial charge in [0.05, 0.1) is 31.7 Å². The van der Waals surface area contributed by atoms with E-state index >= 15 is 0 Å². The van der Waals surface area contributed by atoms with Gasteiger partial charge >= 0.3 is 6.01 Å². The summed E-state index contributed by atoms with van der Waals surface area (Å²) >= 11 is 0. The number of nitrogens with zero attached hydrogens (tertiary/aromatic N) is 7. The van der Waals surface area contributed by atoms with Crippen molar-refractivity contribution in [3.8, 4) is 23.1 Å². The summed E-state index contributed by atoms with van der Waals surface area (Å²) in [6.45, 7) is 5.07. The summed E-state index contributed by atoms with van der Waals surface area (Å²) in [6.07, 6.45) is 5.22. The van der Waals surface area contributed by atoms with Gasteiger partial charge in [0.25, 0.3) is 0 Å². The number of anilines is 1. The van der Waals surface area contributed by atoms with Crippen LogP contribution in [0.2, 0.25) is 0 Å². The predicted octanol–water partition coefficient (Wildman–Crippen LogP) is 2.64. The zero-order chi connectivity index (χ0) is 24.2. The normalized spacial score (nSPS) is 13.7. The highest BCUT2D eigenvalue weighted by Gasteiger charge is 2.19. The SMILES string of the molecule is Cc1cccc(-c2cc(C=O)n(-c3cc(N4CCOCC4)nc(OCCc4cnn(C)c4)n3)n2)c1. The molecule has 1 aliphatic heterocycles. The van der Waals surface area contributed by atoms with Crippen LogP contribution in [0.25, 0.3) is 17.1 Å². The van der Waals surface area contributed by atoms with E-state index in [1.54, 1.807) is 15.4 Å². The lowest BCUT2D eigenvalue weighted by molar-refractivity contribution is 0.111. The van der Waals surface area contributed by atoms with Gasteiger partial charge in [0.2, 0.25) is 0 Å². The fourth-order valence-electron chi connectivity index (χ4n) is 4.00. The number of aromatic nitrogens is 6. The van der Waals surface area contributed by atoms with E-state index in [1.807, 2.05) is 56.7 Å². The molecule has 1 aromatic carbocycles. The van der Waals surface area contributed by atoms with Crippen molar-refractivity contribution in [3.05, 3.63) is 65.6 Å². The molecule has 1 saturated heterocycles. The second-order valence-corrected chi connectivity index (χ2v) is 8.44. The Bertz CT molecular complexity index is 1320. The molecular weight excluding hydrogens is 446 g/mol. The van der Waals surface area contributed by atoms with Crippen LogP contribution in [0.5, 0.6) is 6.01 Å². The van der Waals surface area contributed by atoms with Crippen LogP contribution in [-0.2, 0) is 18.2 Å². The van der Waals surface area contributed by atoms with E-state index in [4.69, 9.17) is 14.6 Å². The van der Waals surface area contributed by atoms with E-state index in [0.29, 0.717) is 62.4 Å². The minimum absolute atomic E-state index is 0.234. The number of rotatable bonds is 8. The predicted molar refractivity (Wildman–Crippen MR) is 130 cm³/mol. The Kier molecular flexibility index (Phi) is 6.53. The number of benzene rings is 1. The third kappa shape index (κ3) is 5.22. The summed E-state index contributed by atoms with van der Waals surface area (Å²) in [4.78, 5) is 23.3. The molecule has 0 unspecified atom stereocenters. The summed E-state index contributed by atoms with van der Waals surface area (Å²) in [6, 6.07) is 11.8. The highest BCUT2D eigenvalue weighted by atomic mass is 16.5. The summed E-state index contributed by atoms with van der Waals surface area (Å²) in [5.41, 5.74) is 4.21. The molecular formula is C25H27N7O3. The lowest BCUT2D eigenvalue weighted by atomic mass is 10.1.